The summed E-state index contributed by atoms with van der Waals surface area (Å²) in [6.45, 7) is 5.11. The summed E-state index contributed by atoms with van der Waals surface area (Å²) in [4.78, 5) is 24.6. The predicted molar refractivity (Wildman–Crippen MR) is 128 cm³/mol. The largest absolute Gasteiger partial charge is 0.378 e. The zero-order valence-electron chi connectivity index (χ0n) is 20.2. The molecule has 1 unspecified atom stereocenters. The van der Waals surface area contributed by atoms with Gasteiger partial charge in [0, 0.05) is 43.3 Å². The minimum Gasteiger partial charge on any atom is -0.378 e. The second-order valence-electron chi connectivity index (χ2n) is 9.80. The molecule has 1 atom stereocenters. The van der Waals surface area contributed by atoms with Crippen LogP contribution in [0.1, 0.15) is 61.7 Å². The Balaban J connectivity index is 1.29. The Kier molecular flexibility index (Phi) is 6.45. The number of hydrogen-bond donors (Lipinski definition) is 1. The molecular weight excluding hydrogens is 468 g/mol. The van der Waals surface area contributed by atoms with Gasteiger partial charge in [-0.3, -0.25) is 4.79 Å². The molecule has 1 N–H and O–H groups in total. The first-order chi connectivity index (χ1) is 17.2. The number of hydrazone groups is 1. The van der Waals surface area contributed by atoms with Crippen molar-refractivity contribution in [2.24, 2.45) is 11.0 Å². The van der Waals surface area contributed by atoms with Gasteiger partial charge in [-0.05, 0) is 50.3 Å². The van der Waals surface area contributed by atoms with Gasteiger partial charge in [-0.1, -0.05) is 5.92 Å². The third kappa shape index (κ3) is 5.08. The van der Waals surface area contributed by atoms with E-state index in [1.54, 1.807) is 20.1 Å². The number of fused-ring (bicyclic) bond motifs is 1. The fourth-order valence-electron chi connectivity index (χ4n) is 4.68. The normalized spacial score (nSPS) is 19.9. The highest BCUT2D eigenvalue weighted by molar-refractivity contribution is 5.82. The van der Waals surface area contributed by atoms with Crippen LogP contribution in [0.4, 0.5) is 14.7 Å². The summed E-state index contributed by atoms with van der Waals surface area (Å²) in [5.74, 6) is 4.52. The molecule has 8 nitrogen and oxygen atoms in total. The molecule has 1 fully saturated rings. The topological polar surface area (TPSA) is 91.2 Å². The van der Waals surface area contributed by atoms with Gasteiger partial charge in [0.2, 0.25) is 11.9 Å². The van der Waals surface area contributed by atoms with Crippen molar-refractivity contribution in [3.63, 3.8) is 0 Å². The molecule has 1 aromatic carbocycles. The van der Waals surface area contributed by atoms with E-state index in [4.69, 9.17) is 4.74 Å². The second-order valence-corrected chi connectivity index (χ2v) is 9.80. The molecule has 1 aromatic heterocycles. The Hall–Kier alpha value is -3.42. The van der Waals surface area contributed by atoms with Crippen molar-refractivity contribution in [3.8, 4) is 11.8 Å². The van der Waals surface area contributed by atoms with E-state index in [9.17, 15) is 18.7 Å². The van der Waals surface area contributed by atoms with Crippen LogP contribution in [0.15, 0.2) is 23.3 Å². The van der Waals surface area contributed by atoms with E-state index in [0.29, 0.717) is 62.8 Å². The summed E-state index contributed by atoms with van der Waals surface area (Å²) in [5, 5.41) is 15.6. The van der Waals surface area contributed by atoms with Crippen LogP contribution in [0.3, 0.4) is 0 Å². The number of amides is 1. The Morgan fingerprint density at radius 2 is 1.86 bits per heavy atom. The molecule has 4 heterocycles. The van der Waals surface area contributed by atoms with Gasteiger partial charge < -0.3 is 14.7 Å². The maximum absolute atomic E-state index is 13.8. The molecule has 1 saturated heterocycles. The van der Waals surface area contributed by atoms with E-state index in [2.05, 4.69) is 26.9 Å². The Morgan fingerprint density at radius 1 is 1.14 bits per heavy atom. The van der Waals surface area contributed by atoms with Crippen LogP contribution in [-0.4, -0.2) is 50.9 Å². The minimum atomic E-state index is -1.15. The van der Waals surface area contributed by atoms with E-state index >= 15 is 0 Å². The summed E-state index contributed by atoms with van der Waals surface area (Å²) in [6.07, 6.45) is 3.15. The summed E-state index contributed by atoms with van der Waals surface area (Å²) in [7, 11) is 0. The van der Waals surface area contributed by atoms with Crippen molar-refractivity contribution in [3.05, 3.63) is 52.3 Å². The van der Waals surface area contributed by atoms with E-state index in [1.807, 2.05) is 4.90 Å². The zero-order chi connectivity index (χ0) is 25.4. The third-order valence-corrected chi connectivity index (χ3v) is 6.51. The number of halogens is 2. The lowest BCUT2D eigenvalue weighted by atomic mass is 9.94. The highest BCUT2D eigenvalue weighted by atomic mass is 19.1. The van der Waals surface area contributed by atoms with Crippen molar-refractivity contribution < 1.29 is 23.4 Å². The van der Waals surface area contributed by atoms with Gasteiger partial charge in [-0.2, -0.15) is 5.10 Å². The fourth-order valence-corrected chi connectivity index (χ4v) is 4.68. The predicted octanol–water partition coefficient (Wildman–Crippen LogP) is 3.08. The lowest BCUT2D eigenvalue weighted by Crippen LogP contribution is -2.41. The van der Waals surface area contributed by atoms with Gasteiger partial charge in [0.1, 0.15) is 22.9 Å². The maximum Gasteiger partial charge on any atom is 0.246 e. The van der Waals surface area contributed by atoms with E-state index in [-0.39, 0.29) is 11.8 Å². The lowest BCUT2D eigenvalue weighted by molar-refractivity contribution is -0.138. The number of carbonyl (C=O) groups excluding carboxylic acids is 1. The van der Waals surface area contributed by atoms with Gasteiger partial charge in [0.15, 0.2) is 0 Å². The summed E-state index contributed by atoms with van der Waals surface area (Å²) in [6, 6.07) is 2.80. The first-order valence-electron chi connectivity index (χ1n) is 12.0. The number of piperidine rings is 1. The van der Waals surface area contributed by atoms with Crippen LogP contribution in [0.25, 0.3) is 0 Å². The van der Waals surface area contributed by atoms with Gasteiger partial charge in [-0.15, -0.1) is 0 Å². The maximum atomic E-state index is 13.8. The van der Waals surface area contributed by atoms with Crippen LogP contribution < -0.4 is 4.90 Å². The van der Waals surface area contributed by atoms with Crippen molar-refractivity contribution >= 4 is 18.1 Å². The lowest BCUT2D eigenvalue weighted by Gasteiger charge is -2.34. The molecule has 0 saturated carbocycles. The SMILES string of the molecule is CC(C)(O)C#Cc1nc(N2CCC(C(=O)N3N=CCC3c3cc(F)cc(F)c3)CC2)nc2c1COC2. The minimum absolute atomic E-state index is 0.155. The molecular formula is C26H27F2N5O3. The number of anilines is 1. The monoisotopic (exact) mass is 495 g/mol. The number of aromatic nitrogens is 2. The summed E-state index contributed by atoms with van der Waals surface area (Å²) < 4.78 is 33.0. The molecule has 1 amide bonds. The van der Waals surface area contributed by atoms with Crippen LogP contribution in [0.5, 0.6) is 0 Å². The highest BCUT2D eigenvalue weighted by Crippen LogP contribution is 2.33. The Bertz CT molecular complexity index is 1250. The van der Waals surface area contributed by atoms with Crippen molar-refractivity contribution in [2.45, 2.75) is 58.0 Å². The zero-order valence-corrected chi connectivity index (χ0v) is 20.2. The average molecular weight is 496 g/mol. The van der Waals surface area contributed by atoms with E-state index in [0.717, 1.165) is 17.3 Å². The van der Waals surface area contributed by atoms with Crippen molar-refractivity contribution in [2.75, 3.05) is 18.0 Å². The molecule has 0 bridgehead atoms. The van der Waals surface area contributed by atoms with Gasteiger partial charge in [0.05, 0.1) is 24.9 Å². The number of ether oxygens (including phenoxy) is 1. The molecule has 10 heteroatoms. The second kappa shape index (κ2) is 9.56. The van der Waals surface area contributed by atoms with Crippen LogP contribution in [0, 0.1) is 29.4 Å². The number of aliphatic hydroxyl groups is 1. The Labute approximate surface area is 208 Å². The quantitative estimate of drug-likeness (QED) is 0.659. The summed E-state index contributed by atoms with van der Waals surface area (Å²) >= 11 is 0. The standard InChI is InChI=1S/C26H27F2N5O3/c1-26(2,35)7-3-21-20-14-36-15-22(20)31-25(30-21)32-9-5-16(6-10-32)24(34)33-23(4-8-29-33)17-11-18(27)13-19(28)12-17/h8,11-13,16,23,35H,4-6,9-10,14-15H2,1-2H3. The van der Waals surface area contributed by atoms with Crippen LogP contribution >= 0.6 is 0 Å². The average Bonchev–Trinajstić information content (AvgIpc) is 3.51. The Morgan fingerprint density at radius 3 is 2.56 bits per heavy atom. The molecule has 36 heavy (non-hydrogen) atoms. The molecule has 3 aliphatic rings. The van der Waals surface area contributed by atoms with Crippen molar-refractivity contribution in [1.29, 1.82) is 0 Å². The molecule has 2 aromatic rings. The molecule has 5 rings (SSSR count). The number of benzene rings is 1. The smallest absolute Gasteiger partial charge is 0.246 e. The van der Waals surface area contributed by atoms with Crippen molar-refractivity contribution in [1.82, 2.24) is 15.0 Å². The molecule has 188 valence electrons. The first-order valence-corrected chi connectivity index (χ1v) is 12.0. The molecule has 0 radical (unpaired) electrons. The third-order valence-electron chi connectivity index (χ3n) is 6.51. The number of carbonyl (C=O) groups is 1. The number of hydrogen-bond acceptors (Lipinski definition) is 7. The molecule has 0 aliphatic carbocycles. The van der Waals surface area contributed by atoms with Gasteiger partial charge in [0.25, 0.3) is 0 Å². The van der Waals surface area contributed by atoms with Gasteiger partial charge >= 0.3 is 0 Å². The van der Waals surface area contributed by atoms with Gasteiger partial charge in [-0.25, -0.2) is 23.8 Å². The van der Waals surface area contributed by atoms with E-state index in [1.165, 1.54) is 17.1 Å². The summed E-state index contributed by atoms with van der Waals surface area (Å²) in [5.41, 5.74) is 1.42. The van der Waals surface area contributed by atoms with Crippen LogP contribution in [0.2, 0.25) is 0 Å². The number of rotatable bonds is 3. The first kappa shape index (κ1) is 24.3. The number of nitrogens with zero attached hydrogens (tertiary/aromatic N) is 5. The van der Waals surface area contributed by atoms with E-state index < -0.39 is 23.3 Å². The molecule has 3 aliphatic heterocycles. The van der Waals surface area contributed by atoms with Crippen LogP contribution in [-0.2, 0) is 22.7 Å². The fraction of sp³-hybridized carbons (Fsp3) is 0.462. The molecule has 0 spiro atoms. The highest BCUT2D eigenvalue weighted by Gasteiger charge is 2.36.